The van der Waals surface area contributed by atoms with Crippen molar-refractivity contribution in [1.29, 1.82) is 0 Å². The van der Waals surface area contributed by atoms with Gasteiger partial charge in [-0.3, -0.25) is 0 Å². The Bertz CT molecular complexity index is 499. The standard InChI is InChI=1S/C16H19NO2/c1-18-15-8-5-9-16(10-15)19-12-14(11-17)13-6-3-2-4-7-13/h2-10,14H,11-12,17H2,1H3. The first-order chi connectivity index (χ1) is 9.33. The van der Waals surface area contributed by atoms with Gasteiger partial charge in [-0.05, 0) is 17.7 Å². The number of methoxy groups -OCH3 is 1. The Morgan fingerprint density at radius 3 is 2.42 bits per heavy atom. The third-order valence-electron chi connectivity index (χ3n) is 3.05. The molecule has 0 aromatic heterocycles. The highest BCUT2D eigenvalue weighted by Crippen LogP contribution is 2.21. The Morgan fingerprint density at radius 1 is 1.00 bits per heavy atom. The van der Waals surface area contributed by atoms with Gasteiger partial charge in [-0.25, -0.2) is 0 Å². The minimum atomic E-state index is 0.201. The molecule has 19 heavy (non-hydrogen) atoms. The van der Waals surface area contributed by atoms with Crippen LogP contribution in [0.1, 0.15) is 11.5 Å². The zero-order valence-electron chi connectivity index (χ0n) is 11.1. The number of hydrogen-bond donors (Lipinski definition) is 1. The summed E-state index contributed by atoms with van der Waals surface area (Å²) in [7, 11) is 1.64. The molecular weight excluding hydrogens is 238 g/mol. The molecule has 3 nitrogen and oxygen atoms in total. The highest BCUT2D eigenvalue weighted by molar-refractivity contribution is 5.33. The topological polar surface area (TPSA) is 44.5 Å². The lowest BCUT2D eigenvalue weighted by atomic mass is 10.0. The van der Waals surface area contributed by atoms with Gasteiger partial charge < -0.3 is 15.2 Å². The molecule has 0 amide bonds. The van der Waals surface area contributed by atoms with Crippen LogP contribution < -0.4 is 15.2 Å². The minimum Gasteiger partial charge on any atom is -0.497 e. The van der Waals surface area contributed by atoms with Crippen molar-refractivity contribution < 1.29 is 9.47 Å². The largest absolute Gasteiger partial charge is 0.497 e. The van der Waals surface area contributed by atoms with Crippen molar-refractivity contribution >= 4 is 0 Å². The van der Waals surface area contributed by atoms with Crippen LogP contribution in [0, 0.1) is 0 Å². The summed E-state index contributed by atoms with van der Waals surface area (Å²) in [5.41, 5.74) is 7.02. The van der Waals surface area contributed by atoms with Gasteiger partial charge in [0.1, 0.15) is 11.5 Å². The van der Waals surface area contributed by atoms with E-state index in [1.165, 1.54) is 5.56 Å². The van der Waals surface area contributed by atoms with Crippen molar-refractivity contribution in [3.8, 4) is 11.5 Å². The fourth-order valence-corrected chi connectivity index (χ4v) is 1.91. The van der Waals surface area contributed by atoms with Crippen molar-refractivity contribution in [3.05, 3.63) is 60.2 Å². The van der Waals surface area contributed by atoms with Gasteiger partial charge in [-0.1, -0.05) is 36.4 Å². The molecule has 0 fully saturated rings. The Labute approximate surface area is 114 Å². The molecule has 0 heterocycles. The molecule has 0 aliphatic carbocycles. The van der Waals surface area contributed by atoms with E-state index in [2.05, 4.69) is 12.1 Å². The molecule has 2 N–H and O–H groups in total. The molecule has 2 rings (SSSR count). The quantitative estimate of drug-likeness (QED) is 0.865. The van der Waals surface area contributed by atoms with E-state index in [1.807, 2.05) is 42.5 Å². The third kappa shape index (κ3) is 3.73. The van der Waals surface area contributed by atoms with Crippen LogP contribution in [0.25, 0.3) is 0 Å². The SMILES string of the molecule is COc1cccc(OCC(CN)c2ccccc2)c1. The number of rotatable bonds is 6. The van der Waals surface area contributed by atoms with Gasteiger partial charge in [0.25, 0.3) is 0 Å². The summed E-state index contributed by atoms with van der Waals surface area (Å²) in [6, 6.07) is 17.8. The Kier molecular flexibility index (Phi) is 4.81. The van der Waals surface area contributed by atoms with E-state index in [4.69, 9.17) is 15.2 Å². The third-order valence-corrected chi connectivity index (χ3v) is 3.05. The van der Waals surface area contributed by atoms with E-state index in [9.17, 15) is 0 Å². The van der Waals surface area contributed by atoms with Crippen molar-refractivity contribution in [1.82, 2.24) is 0 Å². The Hall–Kier alpha value is -2.00. The number of hydrogen-bond acceptors (Lipinski definition) is 3. The predicted molar refractivity (Wildman–Crippen MR) is 76.7 cm³/mol. The second kappa shape index (κ2) is 6.81. The lowest BCUT2D eigenvalue weighted by Crippen LogP contribution is -2.19. The Balaban J connectivity index is 2.00. The lowest BCUT2D eigenvalue weighted by Gasteiger charge is -2.16. The first-order valence-electron chi connectivity index (χ1n) is 6.35. The molecule has 0 aliphatic rings. The number of benzene rings is 2. The van der Waals surface area contributed by atoms with E-state index in [0.29, 0.717) is 13.2 Å². The van der Waals surface area contributed by atoms with Crippen LogP contribution in [-0.4, -0.2) is 20.3 Å². The van der Waals surface area contributed by atoms with Crippen molar-refractivity contribution in [2.45, 2.75) is 5.92 Å². The molecule has 2 aromatic carbocycles. The summed E-state index contributed by atoms with van der Waals surface area (Å²) >= 11 is 0. The van der Waals surface area contributed by atoms with Crippen LogP contribution >= 0.6 is 0 Å². The van der Waals surface area contributed by atoms with E-state index < -0.39 is 0 Å². The molecule has 3 heteroatoms. The van der Waals surface area contributed by atoms with Crippen molar-refractivity contribution in [2.24, 2.45) is 5.73 Å². The fourth-order valence-electron chi connectivity index (χ4n) is 1.91. The maximum absolute atomic E-state index is 5.82. The van der Waals surface area contributed by atoms with Crippen LogP contribution in [0.5, 0.6) is 11.5 Å². The van der Waals surface area contributed by atoms with Gasteiger partial charge in [0.2, 0.25) is 0 Å². The molecule has 0 saturated heterocycles. The van der Waals surface area contributed by atoms with Crippen LogP contribution in [0.3, 0.4) is 0 Å². The summed E-state index contributed by atoms with van der Waals surface area (Å²) in [5.74, 6) is 1.79. The summed E-state index contributed by atoms with van der Waals surface area (Å²) in [6.45, 7) is 1.13. The minimum absolute atomic E-state index is 0.201. The van der Waals surface area contributed by atoms with E-state index in [1.54, 1.807) is 7.11 Å². The highest BCUT2D eigenvalue weighted by atomic mass is 16.5. The van der Waals surface area contributed by atoms with E-state index in [-0.39, 0.29) is 5.92 Å². The maximum atomic E-state index is 5.82. The smallest absolute Gasteiger partial charge is 0.123 e. The summed E-state index contributed by atoms with van der Waals surface area (Å²) < 4.78 is 11.0. The molecule has 0 spiro atoms. The monoisotopic (exact) mass is 257 g/mol. The van der Waals surface area contributed by atoms with Gasteiger partial charge in [-0.15, -0.1) is 0 Å². The highest BCUT2D eigenvalue weighted by Gasteiger charge is 2.10. The molecular formula is C16H19NO2. The molecule has 1 atom stereocenters. The zero-order valence-corrected chi connectivity index (χ0v) is 11.1. The normalized spacial score (nSPS) is 11.9. The van der Waals surface area contributed by atoms with Crippen LogP contribution in [0.15, 0.2) is 54.6 Å². The second-order valence-electron chi connectivity index (χ2n) is 4.33. The molecule has 0 bridgehead atoms. The van der Waals surface area contributed by atoms with Crippen LogP contribution in [-0.2, 0) is 0 Å². The number of nitrogens with two attached hydrogens (primary N) is 1. The van der Waals surface area contributed by atoms with E-state index >= 15 is 0 Å². The molecule has 2 aromatic rings. The van der Waals surface area contributed by atoms with Crippen molar-refractivity contribution in [2.75, 3.05) is 20.3 Å². The zero-order chi connectivity index (χ0) is 13.5. The summed E-state index contributed by atoms with van der Waals surface area (Å²) in [5, 5.41) is 0. The van der Waals surface area contributed by atoms with Gasteiger partial charge in [-0.2, -0.15) is 0 Å². The molecule has 1 unspecified atom stereocenters. The van der Waals surface area contributed by atoms with E-state index in [0.717, 1.165) is 11.5 Å². The first-order valence-corrected chi connectivity index (χ1v) is 6.35. The van der Waals surface area contributed by atoms with Crippen LogP contribution in [0.4, 0.5) is 0 Å². The van der Waals surface area contributed by atoms with Crippen molar-refractivity contribution in [3.63, 3.8) is 0 Å². The van der Waals surface area contributed by atoms with Gasteiger partial charge in [0, 0.05) is 18.5 Å². The Morgan fingerprint density at radius 2 is 1.74 bits per heavy atom. The molecule has 0 radical (unpaired) electrons. The molecule has 0 saturated carbocycles. The molecule has 0 aliphatic heterocycles. The van der Waals surface area contributed by atoms with Gasteiger partial charge >= 0.3 is 0 Å². The average Bonchev–Trinajstić information content (AvgIpc) is 2.49. The fraction of sp³-hybridized carbons (Fsp3) is 0.250. The average molecular weight is 257 g/mol. The number of ether oxygens (including phenoxy) is 2. The summed E-state index contributed by atoms with van der Waals surface area (Å²) in [6.07, 6.45) is 0. The maximum Gasteiger partial charge on any atom is 0.123 e. The molecule has 100 valence electrons. The summed E-state index contributed by atoms with van der Waals surface area (Å²) in [4.78, 5) is 0. The lowest BCUT2D eigenvalue weighted by molar-refractivity contribution is 0.288. The van der Waals surface area contributed by atoms with Gasteiger partial charge in [0.05, 0.1) is 13.7 Å². The second-order valence-corrected chi connectivity index (χ2v) is 4.33. The first kappa shape index (κ1) is 13.4. The van der Waals surface area contributed by atoms with Crippen LogP contribution in [0.2, 0.25) is 0 Å². The predicted octanol–water partition coefficient (Wildman–Crippen LogP) is 2.82. The van der Waals surface area contributed by atoms with Gasteiger partial charge in [0.15, 0.2) is 0 Å².